The lowest BCUT2D eigenvalue weighted by Gasteiger charge is -2.29. The van der Waals surface area contributed by atoms with E-state index in [0.29, 0.717) is 6.42 Å². The zero-order chi connectivity index (χ0) is 10.6. The van der Waals surface area contributed by atoms with Crippen molar-refractivity contribution in [2.45, 2.75) is 25.8 Å². The summed E-state index contributed by atoms with van der Waals surface area (Å²) >= 11 is 0. The van der Waals surface area contributed by atoms with Crippen LogP contribution >= 0.6 is 0 Å². The van der Waals surface area contributed by atoms with Gasteiger partial charge in [-0.05, 0) is 13.3 Å². The fraction of sp³-hybridized carbons (Fsp3) is 0.750. The molecule has 0 radical (unpaired) electrons. The molecule has 0 aromatic heterocycles. The molecule has 0 rings (SSSR count). The molecule has 13 heavy (non-hydrogen) atoms. The van der Waals surface area contributed by atoms with Crippen LogP contribution in [0, 0.1) is 0 Å². The molecule has 0 spiro atoms. The SMILES string of the molecule is CCC(C)(NC(=O)O)C(=O)N(C)C. The predicted octanol–water partition coefficient (Wildman–Crippen LogP) is 0.511. The number of rotatable bonds is 3. The maximum atomic E-state index is 11.5. The Labute approximate surface area is 77.7 Å². The summed E-state index contributed by atoms with van der Waals surface area (Å²) in [6.45, 7) is 3.33. The molecule has 0 aliphatic rings. The lowest BCUT2D eigenvalue weighted by molar-refractivity contribution is -0.135. The first-order valence-corrected chi connectivity index (χ1v) is 4.06. The third kappa shape index (κ3) is 2.93. The molecular weight excluding hydrogens is 172 g/mol. The van der Waals surface area contributed by atoms with E-state index in [1.807, 2.05) is 0 Å². The molecule has 0 aliphatic carbocycles. The minimum absolute atomic E-state index is 0.239. The van der Waals surface area contributed by atoms with E-state index in [1.165, 1.54) is 4.90 Å². The van der Waals surface area contributed by atoms with Gasteiger partial charge in [0.15, 0.2) is 0 Å². The molecule has 2 N–H and O–H groups in total. The van der Waals surface area contributed by atoms with E-state index in [-0.39, 0.29) is 5.91 Å². The standard InChI is InChI=1S/C8H16N2O3/c1-5-8(2,9-7(12)13)6(11)10(3)4/h9H,5H2,1-4H3,(H,12,13). The van der Waals surface area contributed by atoms with Crippen LogP contribution < -0.4 is 5.32 Å². The molecule has 0 aliphatic heterocycles. The molecule has 5 heteroatoms. The Morgan fingerprint density at radius 2 is 1.92 bits per heavy atom. The van der Waals surface area contributed by atoms with Crippen LogP contribution in [-0.4, -0.2) is 41.6 Å². The zero-order valence-electron chi connectivity index (χ0n) is 8.42. The molecule has 76 valence electrons. The Morgan fingerprint density at radius 1 is 1.46 bits per heavy atom. The van der Waals surface area contributed by atoms with Crippen LogP contribution in [0.2, 0.25) is 0 Å². The van der Waals surface area contributed by atoms with Gasteiger partial charge in [-0.1, -0.05) is 6.92 Å². The zero-order valence-corrected chi connectivity index (χ0v) is 8.42. The van der Waals surface area contributed by atoms with E-state index in [1.54, 1.807) is 27.9 Å². The number of carboxylic acid groups (broad SMARTS) is 1. The Balaban J connectivity index is 4.62. The van der Waals surface area contributed by atoms with Crippen LogP contribution in [0.3, 0.4) is 0 Å². The highest BCUT2D eigenvalue weighted by Crippen LogP contribution is 2.11. The monoisotopic (exact) mass is 188 g/mol. The molecule has 1 atom stereocenters. The van der Waals surface area contributed by atoms with Crippen molar-refractivity contribution in [3.63, 3.8) is 0 Å². The molecule has 0 saturated heterocycles. The van der Waals surface area contributed by atoms with Crippen molar-refractivity contribution in [1.29, 1.82) is 0 Å². The summed E-state index contributed by atoms with van der Waals surface area (Å²) in [4.78, 5) is 23.3. The van der Waals surface area contributed by atoms with E-state index >= 15 is 0 Å². The third-order valence-corrected chi connectivity index (χ3v) is 1.97. The number of carbonyl (C=O) groups excluding carboxylic acids is 1. The van der Waals surface area contributed by atoms with Crippen LogP contribution in [-0.2, 0) is 4.79 Å². The van der Waals surface area contributed by atoms with Crippen LogP contribution in [0.1, 0.15) is 20.3 Å². The van der Waals surface area contributed by atoms with Crippen molar-refractivity contribution in [2.24, 2.45) is 0 Å². The van der Waals surface area contributed by atoms with Gasteiger partial charge in [0, 0.05) is 14.1 Å². The van der Waals surface area contributed by atoms with E-state index in [4.69, 9.17) is 5.11 Å². The van der Waals surface area contributed by atoms with E-state index in [0.717, 1.165) is 0 Å². The molecule has 2 amide bonds. The number of hydrogen-bond acceptors (Lipinski definition) is 2. The molecule has 0 aromatic rings. The number of carbonyl (C=O) groups is 2. The Morgan fingerprint density at radius 3 is 2.15 bits per heavy atom. The molecule has 5 nitrogen and oxygen atoms in total. The number of likely N-dealkylation sites (N-methyl/N-ethyl adjacent to an activating group) is 1. The number of nitrogens with one attached hydrogen (secondary N) is 1. The topological polar surface area (TPSA) is 69.6 Å². The summed E-state index contributed by atoms with van der Waals surface area (Å²) < 4.78 is 0. The van der Waals surface area contributed by atoms with Gasteiger partial charge >= 0.3 is 6.09 Å². The largest absolute Gasteiger partial charge is 0.465 e. The average Bonchev–Trinajstić information content (AvgIpc) is 2.01. The first-order valence-electron chi connectivity index (χ1n) is 4.06. The van der Waals surface area contributed by atoms with Crippen LogP contribution in [0.5, 0.6) is 0 Å². The minimum Gasteiger partial charge on any atom is -0.465 e. The second-order valence-corrected chi connectivity index (χ2v) is 3.32. The summed E-state index contributed by atoms with van der Waals surface area (Å²) in [6, 6.07) is 0. The summed E-state index contributed by atoms with van der Waals surface area (Å²) in [6.07, 6.45) is -0.754. The first kappa shape index (κ1) is 11.7. The van der Waals surface area contributed by atoms with Crippen molar-refractivity contribution < 1.29 is 14.7 Å². The Bertz CT molecular complexity index is 215. The van der Waals surface area contributed by atoms with Crippen LogP contribution in [0.15, 0.2) is 0 Å². The highest BCUT2D eigenvalue weighted by Gasteiger charge is 2.34. The fourth-order valence-corrected chi connectivity index (χ4v) is 1.02. The molecular formula is C8H16N2O3. The predicted molar refractivity (Wildman–Crippen MR) is 48.6 cm³/mol. The molecule has 0 saturated carbocycles. The van der Waals surface area contributed by atoms with Crippen LogP contribution in [0.25, 0.3) is 0 Å². The second-order valence-electron chi connectivity index (χ2n) is 3.32. The highest BCUT2D eigenvalue weighted by molar-refractivity contribution is 5.88. The van der Waals surface area contributed by atoms with Crippen molar-refractivity contribution in [3.05, 3.63) is 0 Å². The van der Waals surface area contributed by atoms with Crippen molar-refractivity contribution >= 4 is 12.0 Å². The van der Waals surface area contributed by atoms with Gasteiger partial charge in [0.05, 0.1) is 0 Å². The molecule has 0 bridgehead atoms. The maximum Gasteiger partial charge on any atom is 0.405 e. The summed E-state index contributed by atoms with van der Waals surface area (Å²) in [5.74, 6) is -0.239. The quantitative estimate of drug-likeness (QED) is 0.678. The van der Waals surface area contributed by atoms with E-state index < -0.39 is 11.6 Å². The highest BCUT2D eigenvalue weighted by atomic mass is 16.4. The first-order chi connectivity index (χ1) is 5.83. The second kappa shape index (κ2) is 4.11. The Hall–Kier alpha value is -1.26. The molecule has 0 aromatic carbocycles. The van der Waals surface area contributed by atoms with Crippen molar-refractivity contribution in [3.8, 4) is 0 Å². The van der Waals surface area contributed by atoms with E-state index in [9.17, 15) is 9.59 Å². The number of amides is 2. The Kier molecular flexibility index (Phi) is 3.71. The minimum atomic E-state index is -1.18. The van der Waals surface area contributed by atoms with Gasteiger partial charge in [-0.15, -0.1) is 0 Å². The molecule has 0 fully saturated rings. The van der Waals surface area contributed by atoms with Gasteiger partial charge in [0.1, 0.15) is 5.54 Å². The van der Waals surface area contributed by atoms with E-state index in [2.05, 4.69) is 5.32 Å². The lowest BCUT2D eigenvalue weighted by Crippen LogP contribution is -2.55. The molecule has 0 heterocycles. The van der Waals surface area contributed by atoms with Crippen molar-refractivity contribution in [2.75, 3.05) is 14.1 Å². The lowest BCUT2D eigenvalue weighted by atomic mass is 9.97. The summed E-state index contributed by atoms with van der Waals surface area (Å²) in [5.41, 5.74) is -1.02. The third-order valence-electron chi connectivity index (χ3n) is 1.97. The van der Waals surface area contributed by atoms with Gasteiger partial charge in [0.2, 0.25) is 5.91 Å². The smallest absolute Gasteiger partial charge is 0.405 e. The van der Waals surface area contributed by atoms with Gasteiger partial charge in [-0.2, -0.15) is 0 Å². The molecule has 1 unspecified atom stereocenters. The summed E-state index contributed by atoms with van der Waals surface area (Å²) in [5, 5.41) is 10.7. The van der Waals surface area contributed by atoms with Gasteiger partial charge in [-0.25, -0.2) is 4.79 Å². The van der Waals surface area contributed by atoms with Gasteiger partial charge < -0.3 is 15.3 Å². The van der Waals surface area contributed by atoms with Crippen molar-refractivity contribution in [1.82, 2.24) is 10.2 Å². The average molecular weight is 188 g/mol. The maximum absolute atomic E-state index is 11.5. The van der Waals surface area contributed by atoms with Crippen LogP contribution in [0.4, 0.5) is 4.79 Å². The fourth-order valence-electron chi connectivity index (χ4n) is 1.02. The number of nitrogens with zero attached hydrogens (tertiary/aromatic N) is 1. The van der Waals surface area contributed by atoms with Gasteiger partial charge in [-0.3, -0.25) is 4.79 Å². The summed E-state index contributed by atoms with van der Waals surface area (Å²) in [7, 11) is 3.19. The number of hydrogen-bond donors (Lipinski definition) is 2. The van der Waals surface area contributed by atoms with Gasteiger partial charge in [0.25, 0.3) is 0 Å². The normalized spacial score (nSPS) is 14.5.